The number of aromatic nitrogens is 4. The first-order chi connectivity index (χ1) is 8.84. The van der Waals surface area contributed by atoms with E-state index in [1.165, 1.54) is 11.1 Å². The number of nitrogens with zero attached hydrogens (tertiary/aromatic N) is 4. The summed E-state index contributed by atoms with van der Waals surface area (Å²) in [6.45, 7) is 0.926. The van der Waals surface area contributed by atoms with Gasteiger partial charge in [0.1, 0.15) is 0 Å². The second-order valence-corrected chi connectivity index (χ2v) is 4.47. The molecule has 0 bridgehead atoms. The minimum atomic E-state index is 0.286. The highest BCUT2D eigenvalue weighted by Crippen LogP contribution is 2.31. The Morgan fingerprint density at radius 2 is 2.22 bits per heavy atom. The third-order valence-corrected chi connectivity index (χ3v) is 3.40. The fourth-order valence-corrected chi connectivity index (χ4v) is 2.64. The molecular formula is C12H11N5O. The van der Waals surface area contributed by atoms with Crippen molar-refractivity contribution in [1.82, 2.24) is 19.9 Å². The zero-order valence-corrected chi connectivity index (χ0v) is 9.63. The molecule has 6 nitrogen and oxygen atoms in total. The quantitative estimate of drug-likeness (QED) is 0.699. The topological polar surface area (TPSA) is 82.8 Å². The minimum Gasteiger partial charge on any atom is -0.379 e. The summed E-state index contributed by atoms with van der Waals surface area (Å²) in [6.07, 6.45) is 2.19. The van der Waals surface area contributed by atoms with Crippen molar-refractivity contribution in [2.24, 2.45) is 0 Å². The van der Waals surface area contributed by atoms with Gasteiger partial charge in [-0.3, -0.25) is 0 Å². The van der Waals surface area contributed by atoms with Crippen molar-refractivity contribution in [3.63, 3.8) is 0 Å². The smallest absolute Gasteiger partial charge is 0.199 e. The SMILES string of the molecule is Nc1nonc1-c1nc2cccc3c2n1CCC3. The Morgan fingerprint density at radius 1 is 1.28 bits per heavy atom. The third kappa shape index (κ3) is 1.14. The maximum atomic E-state index is 5.75. The average molecular weight is 241 g/mol. The molecule has 0 fully saturated rings. The van der Waals surface area contributed by atoms with Gasteiger partial charge < -0.3 is 10.3 Å². The number of imidazole rings is 1. The predicted octanol–water partition coefficient (Wildman–Crippen LogP) is 1.61. The standard InChI is InChI=1S/C12H11N5O/c13-11-9(15-18-16-11)12-14-8-5-1-3-7-4-2-6-17(12)10(7)8/h1,3,5H,2,4,6H2,(H2,13,16). The van der Waals surface area contributed by atoms with Crippen LogP contribution in [0.4, 0.5) is 5.82 Å². The zero-order chi connectivity index (χ0) is 12.1. The van der Waals surface area contributed by atoms with E-state index in [2.05, 4.69) is 30.6 Å². The summed E-state index contributed by atoms with van der Waals surface area (Å²) in [7, 11) is 0. The van der Waals surface area contributed by atoms with Crippen molar-refractivity contribution in [3.8, 4) is 11.5 Å². The van der Waals surface area contributed by atoms with Crippen LogP contribution in [0.5, 0.6) is 0 Å². The first-order valence-corrected chi connectivity index (χ1v) is 5.91. The Labute approximate surface area is 102 Å². The van der Waals surface area contributed by atoms with Crippen LogP contribution in [-0.2, 0) is 13.0 Å². The molecule has 3 aromatic rings. The van der Waals surface area contributed by atoms with Crippen LogP contribution in [0, 0.1) is 0 Å². The molecular weight excluding hydrogens is 230 g/mol. The van der Waals surface area contributed by atoms with Crippen LogP contribution in [0.1, 0.15) is 12.0 Å². The van der Waals surface area contributed by atoms with E-state index in [1.54, 1.807) is 0 Å². The van der Waals surface area contributed by atoms with Crippen molar-refractivity contribution in [1.29, 1.82) is 0 Å². The normalized spacial score (nSPS) is 14.2. The van der Waals surface area contributed by atoms with Crippen molar-refractivity contribution in [3.05, 3.63) is 23.8 Å². The van der Waals surface area contributed by atoms with Crippen LogP contribution in [0.25, 0.3) is 22.6 Å². The molecule has 3 heterocycles. The largest absolute Gasteiger partial charge is 0.379 e. The summed E-state index contributed by atoms with van der Waals surface area (Å²) < 4.78 is 6.82. The summed E-state index contributed by atoms with van der Waals surface area (Å²) in [5.74, 6) is 1.03. The first-order valence-electron chi connectivity index (χ1n) is 5.91. The van der Waals surface area contributed by atoms with Gasteiger partial charge in [-0.15, -0.1) is 0 Å². The molecule has 0 spiro atoms. The van der Waals surface area contributed by atoms with E-state index in [9.17, 15) is 0 Å². The van der Waals surface area contributed by atoms with Crippen LogP contribution in [0.15, 0.2) is 22.8 Å². The monoisotopic (exact) mass is 241 g/mol. The number of nitrogens with two attached hydrogens (primary N) is 1. The Kier molecular flexibility index (Phi) is 1.78. The van der Waals surface area contributed by atoms with E-state index in [-0.39, 0.29) is 5.82 Å². The highest BCUT2D eigenvalue weighted by molar-refractivity contribution is 5.84. The molecule has 90 valence electrons. The van der Waals surface area contributed by atoms with E-state index in [1.807, 2.05) is 12.1 Å². The van der Waals surface area contributed by atoms with Crippen molar-refractivity contribution in [2.75, 3.05) is 5.73 Å². The molecule has 18 heavy (non-hydrogen) atoms. The number of anilines is 1. The van der Waals surface area contributed by atoms with Crippen molar-refractivity contribution in [2.45, 2.75) is 19.4 Å². The first kappa shape index (κ1) is 9.64. The summed E-state index contributed by atoms with van der Waals surface area (Å²) >= 11 is 0. The molecule has 0 saturated heterocycles. The predicted molar refractivity (Wildman–Crippen MR) is 65.8 cm³/mol. The lowest BCUT2D eigenvalue weighted by Crippen LogP contribution is -2.09. The van der Waals surface area contributed by atoms with Gasteiger partial charge in [0.05, 0.1) is 11.0 Å². The molecule has 2 aromatic heterocycles. The van der Waals surface area contributed by atoms with Gasteiger partial charge in [0, 0.05) is 6.54 Å². The minimum absolute atomic E-state index is 0.286. The van der Waals surface area contributed by atoms with Crippen LogP contribution < -0.4 is 5.73 Å². The van der Waals surface area contributed by atoms with E-state index in [0.29, 0.717) is 5.69 Å². The number of hydrogen-bond acceptors (Lipinski definition) is 5. The number of nitrogen functional groups attached to an aromatic ring is 1. The zero-order valence-electron chi connectivity index (χ0n) is 9.63. The van der Waals surface area contributed by atoms with Crippen LogP contribution in [0.3, 0.4) is 0 Å². The van der Waals surface area contributed by atoms with Gasteiger partial charge in [-0.2, -0.15) is 0 Å². The lowest BCUT2D eigenvalue weighted by atomic mass is 10.0. The Hall–Kier alpha value is -2.37. The van der Waals surface area contributed by atoms with Crippen molar-refractivity contribution >= 4 is 16.9 Å². The van der Waals surface area contributed by atoms with Gasteiger partial charge >= 0.3 is 0 Å². The molecule has 0 aliphatic carbocycles. The highest BCUT2D eigenvalue weighted by atomic mass is 16.6. The lowest BCUT2D eigenvalue weighted by molar-refractivity contribution is 0.310. The second-order valence-electron chi connectivity index (χ2n) is 4.47. The van der Waals surface area contributed by atoms with Gasteiger partial charge in [-0.1, -0.05) is 12.1 Å². The number of hydrogen-bond donors (Lipinski definition) is 1. The number of benzene rings is 1. The third-order valence-electron chi connectivity index (χ3n) is 3.40. The van der Waals surface area contributed by atoms with Crippen LogP contribution in [0.2, 0.25) is 0 Å². The van der Waals surface area contributed by atoms with Gasteiger partial charge in [0.15, 0.2) is 17.3 Å². The molecule has 4 rings (SSSR count). The van der Waals surface area contributed by atoms with E-state index in [4.69, 9.17) is 5.73 Å². The fourth-order valence-electron chi connectivity index (χ4n) is 2.64. The molecule has 2 N–H and O–H groups in total. The molecule has 0 atom stereocenters. The molecule has 0 unspecified atom stereocenters. The van der Waals surface area contributed by atoms with Crippen molar-refractivity contribution < 1.29 is 4.63 Å². The Morgan fingerprint density at radius 3 is 3.06 bits per heavy atom. The second kappa shape index (κ2) is 3.32. The Balaban J connectivity index is 2.09. The summed E-state index contributed by atoms with van der Waals surface area (Å²) in [4.78, 5) is 4.61. The summed E-state index contributed by atoms with van der Waals surface area (Å²) in [5.41, 5.74) is 9.76. The lowest BCUT2D eigenvalue weighted by Gasteiger charge is -2.15. The van der Waals surface area contributed by atoms with E-state index < -0.39 is 0 Å². The molecule has 0 saturated carbocycles. The van der Waals surface area contributed by atoms with E-state index in [0.717, 1.165) is 30.7 Å². The highest BCUT2D eigenvalue weighted by Gasteiger charge is 2.22. The van der Waals surface area contributed by atoms with Gasteiger partial charge in [-0.05, 0) is 34.8 Å². The van der Waals surface area contributed by atoms with Crippen LogP contribution >= 0.6 is 0 Å². The summed E-state index contributed by atoms with van der Waals surface area (Å²) in [5, 5.41) is 7.47. The van der Waals surface area contributed by atoms with Gasteiger partial charge in [-0.25, -0.2) is 9.61 Å². The molecule has 1 aliphatic rings. The fraction of sp³-hybridized carbons (Fsp3) is 0.250. The van der Waals surface area contributed by atoms with Crippen LogP contribution in [-0.4, -0.2) is 19.9 Å². The maximum Gasteiger partial charge on any atom is 0.199 e. The Bertz CT molecular complexity index is 742. The number of aryl methyl sites for hydroxylation is 2. The average Bonchev–Trinajstić information content (AvgIpc) is 2.96. The molecule has 1 aromatic carbocycles. The van der Waals surface area contributed by atoms with E-state index >= 15 is 0 Å². The van der Waals surface area contributed by atoms with Gasteiger partial charge in [0.25, 0.3) is 0 Å². The molecule has 6 heteroatoms. The summed E-state index contributed by atoms with van der Waals surface area (Å²) in [6, 6.07) is 6.19. The number of para-hydroxylation sites is 1. The maximum absolute atomic E-state index is 5.75. The molecule has 1 aliphatic heterocycles. The number of rotatable bonds is 1. The molecule has 0 amide bonds. The van der Waals surface area contributed by atoms with Gasteiger partial charge in [0.2, 0.25) is 0 Å². The molecule has 0 radical (unpaired) electrons.